The van der Waals surface area contributed by atoms with Gasteiger partial charge in [0.05, 0.1) is 24.0 Å². The Kier molecular flexibility index (Phi) is 6.14. The predicted octanol–water partition coefficient (Wildman–Crippen LogP) is 7.00. The first-order valence-electron chi connectivity index (χ1n) is 10.2. The van der Waals surface area contributed by atoms with Crippen molar-refractivity contribution in [3.05, 3.63) is 70.3 Å². The van der Waals surface area contributed by atoms with Crippen molar-refractivity contribution in [2.45, 2.75) is 26.7 Å². The molecule has 1 aromatic heterocycles. The first kappa shape index (κ1) is 22.8. The quantitative estimate of drug-likeness (QED) is 0.274. The van der Waals surface area contributed by atoms with E-state index in [1.54, 1.807) is 13.8 Å². The van der Waals surface area contributed by atoms with Crippen LogP contribution in [0.2, 0.25) is 0 Å². The SMILES string of the molecule is CCOc1ccc(CCc2cc3oc4cc(OCC)c(F)c(F)c4c3c(F)c2F)c(F)c1F. The molecule has 0 aliphatic carbocycles. The maximum atomic E-state index is 14.9. The minimum atomic E-state index is -1.43. The summed E-state index contributed by atoms with van der Waals surface area (Å²) in [6.45, 7) is 3.39. The Morgan fingerprint density at radius 3 is 1.79 bits per heavy atom. The Morgan fingerprint density at radius 2 is 1.12 bits per heavy atom. The van der Waals surface area contributed by atoms with Crippen LogP contribution in [0.5, 0.6) is 11.5 Å². The number of rotatable bonds is 7. The molecular weight excluding hydrogens is 450 g/mol. The lowest BCUT2D eigenvalue weighted by atomic mass is 10.0. The van der Waals surface area contributed by atoms with Crippen LogP contribution in [0.4, 0.5) is 26.3 Å². The lowest BCUT2D eigenvalue weighted by Gasteiger charge is -2.10. The summed E-state index contributed by atoms with van der Waals surface area (Å²) in [7, 11) is 0. The Bertz CT molecular complexity index is 1360. The molecule has 0 N–H and O–H groups in total. The summed E-state index contributed by atoms with van der Waals surface area (Å²) in [5.41, 5.74) is -0.694. The molecule has 0 saturated carbocycles. The average molecular weight is 468 g/mol. The van der Waals surface area contributed by atoms with E-state index in [0.717, 1.165) is 12.1 Å². The largest absolute Gasteiger partial charge is 0.491 e. The normalized spacial score (nSPS) is 11.5. The van der Waals surface area contributed by atoms with Crippen molar-refractivity contribution < 1.29 is 40.2 Å². The van der Waals surface area contributed by atoms with Gasteiger partial charge >= 0.3 is 0 Å². The van der Waals surface area contributed by atoms with E-state index in [-0.39, 0.29) is 54.1 Å². The molecule has 1 heterocycles. The number of hydrogen-bond donors (Lipinski definition) is 0. The number of hydrogen-bond acceptors (Lipinski definition) is 3. The molecule has 0 radical (unpaired) electrons. The van der Waals surface area contributed by atoms with E-state index in [0.29, 0.717) is 0 Å². The number of halogens is 6. The summed E-state index contributed by atoms with van der Waals surface area (Å²) in [5, 5.41) is -1.10. The van der Waals surface area contributed by atoms with Crippen LogP contribution in [0, 0.1) is 34.9 Å². The monoisotopic (exact) mass is 468 g/mol. The van der Waals surface area contributed by atoms with Gasteiger partial charge in [0.25, 0.3) is 0 Å². The fourth-order valence-corrected chi connectivity index (χ4v) is 3.72. The zero-order chi connectivity index (χ0) is 23.9. The fraction of sp³-hybridized carbons (Fsp3) is 0.250. The molecule has 33 heavy (non-hydrogen) atoms. The van der Waals surface area contributed by atoms with Crippen LogP contribution in [-0.4, -0.2) is 13.2 Å². The molecule has 0 bridgehead atoms. The molecule has 0 fully saturated rings. The molecular formula is C24H18F6O3. The highest BCUT2D eigenvalue weighted by Crippen LogP contribution is 2.39. The Balaban J connectivity index is 1.74. The van der Waals surface area contributed by atoms with Crippen molar-refractivity contribution in [1.82, 2.24) is 0 Å². The summed E-state index contributed by atoms with van der Waals surface area (Å²) in [5.74, 6) is -8.50. The van der Waals surface area contributed by atoms with Crippen LogP contribution in [0.15, 0.2) is 28.7 Å². The highest BCUT2D eigenvalue weighted by atomic mass is 19.2. The molecule has 4 aromatic rings. The molecule has 0 atom stereocenters. The first-order chi connectivity index (χ1) is 15.8. The van der Waals surface area contributed by atoms with Gasteiger partial charge in [0.15, 0.2) is 34.8 Å². The molecule has 0 amide bonds. The van der Waals surface area contributed by atoms with Crippen LogP contribution in [0.1, 0.15) is 25.0 Å². The molecule has 9 heteroatoms. The van der Waals surface area contributed by atoms with E-state index in [9.17, 15) is 26.3 Å². The second-order valence-corrected chi connectivity index (χ2v) is 7.23. The summed E-state index contributed by atoms with van der Waals surface area (Å²) in [6, 6.07) is 4.75. The van der Waals surface area contributed by atoms with Gasteiger partial charge in [-0.2, -0.15) is 8.78 Å². The third kappa shape index (κ3) is 3.85. The van der Waals surface area contributed by atoms with Crippen LogP contribution in [0.3, 0.4) is 0 Å². The van der Waals surface area contributed by atoms with Gasteiger partial charge in [-0.3, -0.25) is 0 Å². The van der Waals surface area contributed by atoms with Gasteiger partial charge in [-0.15, -0.1) is 0 Å². The second-order valence-electron chi connectivity index (χ2n) is 7.23. The van der Waals surface area contributed by atoms with Crippen molar-refractivity contribution in [3.8, 4) is 11.5 Å². The molecule has 3 nitrogen and oxygen atoms in total. The number of furan rings is 1. The van der Waals surface area contributed by atoms with Crippen LogP contribution in [0.25, 0.3) is 21.9 Å². The van der Waals surface area contributed by atoms with Crippen LogP contribution >= 0.6 is 0 Å². The van der Waals surface area contributed by atoms with Crippen LogP contribution in [-0.2, 0) is 12.8 Å². The van der Waals surface area contributed by atoms with Crippen LogP contribution < -0.4 is 9.47 Å². The summed E-state index contributed by atoms with van der Waals surface area (Å²) in [4.78, 5) is 0. The van der Waals surface area contributed by atoms with Gasteiger partial charge < -0.3 is 13.9 Å². The molecule has 4 rings (SSSR count). The van der Waals surface area contributed by atoms with Crippen molar-refractivity contribution in [2.24, 2.45) is 0 Å². The third-order valence-electron chi connectivity index (χ3n) is 5.24. The van der Waals surface area contributed by atoms with Gasteiger partial charge in [-0.05, 0) is 49.9 Å². The smallest absolute Gasteiger partial charge is 0.201 e. The standard InChI is InChI=1S/C24H18F6O3/c1-3-31-13-8-7-11(19(25)21(13)27)5-6-12-9-14-17(23(29)20(12)26)18-15(33-14)10-16(32-4-2)22(28)24(18)30/h7-10H,3-6H2,1-2H3. The van der Waals surface area contributed by atoms with Gasteiger partial charge in [0.2, 0.25) is 11.6 Å². The summed E-state index contributed by atoms with van der Waals surface area (Å²) < 4.78 is 102. The van der Waals surface area contributed by atoms with E-state index in [2.05, 4.69) is 0 Å². The fourth-order valence-electron chi connectivity index (χ4n) is 3.72. The number of ether oxygens (including phenoxy) is 2. The molecule has 0 spiro atoms. The molecule has 3 aromatic carbocycles. The number of benzene rings is 3. The Hall–Kier alpha value is -3.36. The van der Waals surface area contributed by atoms with E-state index in [1.807, 2.05) is 0 Å². The average Bonchev–Trinajstić information content (AvgIpc) is 3.16. The van der Waals surface area contributed by atoms with Crippen molar-refractivity contribution in [2.75, 3.05) is 13.2 Å². The van der Waals surface area contributed by atoms with Gasteiger partial charge in [-0.1, -0.05) is 6.07 Å². The number of fused-ring (bicyclic) bond motifs is 3. The van der Waals surface area contributed by atoms with Gasteiger partial charge in [0, 0.05) is 6.07 Å². The van der Waals surface area contributed by atoms with E-state index >= 15 is 0 Å². The highest BCUT2D eigenvalue weighted by molar-refractivity contribution is 6.06. The molecule has 0 saturated heterocycles. The third-order valence-corrected chi connectivity index (χ3v) is 5.24. The summed E-state index contributed by atoms with van der Waals surface area (Å²) >= 11 is 0. The molecule has 0 aliphatic heterocycles. The minimum absolute atomic E-state index is 0.0535. The molecule has 174 valence electrons. The van der Waals surface area contributed by atoms with E-state index in [1.165, 1.54) is 12.1 Å². The lowest BCUT2D eigenvalue weighted by molar-refractivity contribution is 0.313. The predicted molar refractivity (Wildman–Crippen MR) is 110 cm³/mol. The first-order valence-corrected chi connectivity index (χ1v) is 10.2. The topological polar surface area (TPSA) is 31.6 Å². The zero-order valence-electron chi connectivity index (χ0n) is 17.6. The van der Waals surface area contributed by atoms with E-state index < -0.39 is 51.4 Å². The second kappa shape index (κ2) is 8.88. The zero-order valence-corrected chi connectivity index (χ0v) is 17.6. The van der Waals surface area contributed by atoms with Crippen molar-refractivity contribution in [1.29, 1.82) is 0 Å². The Morgan fingerprint density at radius 1 is 0.606 bits per heavy atom. The maximum absolute atomic E-state index is 14.9. The highest BCUT2D eigenvalue weighted by Gasteiger charge is 2.25. The lowest BCUT2D eigenvalue weighted by Crippen LogP contribution is -2.03. The van der Waals surface area contributed by atoms with Gasteiger partial charge in [-0.25, -0.2) is 17.6 Å². The maximum Gasteiger partial charge on any atom is 0.201 e. The minimum Gasteiger partial charge on any atom is -0.491 e. The van der Waals surface area contributed by atoms with Gasteiger partial charge in [0.1, 0.15) is 11.2 Å². The Labute approximate surface area is 184 Å². The van der Waals surface area contributed by atoms with Crippen molar-refractivity contribution >= 4 is 21.9 Å². The molecule has 0 aliphatic rings. The number of aryl methyl sites for hydroxylation is 2. The summed E-state index contributed by atoms with van der Waals surface area (Å²) in [6.07, 6.45) is -0.365. The van der Waals surface area contributed by atoms with Crippen molar-refractivity contribution in [3.63, 3.8) is 0 Å². The molecule has 0 unspecified atom stereocenters. The van der Waals surface area contributed by atoms with E-state index in [4.69, 9.17) is 13.9 Å².